The summed E-state index contributed by atoms with van der Waals surface area (Å²) in [5.41, 5.74) is 2.00. The van der Waals surface area contributed by atoms with Gasteiger partial charge in [0, 0.05) is 5.57 Å². The van der Waals surface area contributed by atoms with E-state index in [1.165, 1.54) is 32.3 Å². The molecule has 0 unspecified atom stereocenters. The summed E-state index contributed by atoms with van der Waals surface area (Å²) < 4.78 is 44.4. The van der Waals surface area contributed by atoms with Crippen molar-refractivity contribution in [3.63, 3.8) is 0 Å². The van der Waals surface area contributed by atoms with E-state index < -0.39 is 15.9 Å². The highest BCUT2D eigenvalue weighted by molar-refractivity contribution is 7.90. The lowest BCUT2D eigenvalue weighted by molar-refractivity contribution is -0.116. The minimum Gasteiger partial charge on any atom is -0.493 e. The number of benzene rings is 1. The van der Waals surface area contributed by atoms with Crippen molar-refractivity contribution in [3.8, 4) is 11.5 Å². The average molecular weight is 501 g/mol. The molecular weight excluding hydrogens is 468 g/mol. The summed E-state index contributed by atoms with van der Waals surface area (Å²) in [4.78, 5) is 12.7. The van der Waals surface area contributed by atoms with Crippen molar-refractivity contribution in [2.45, 2.75) is 75.7 Å². The molecule has 0 aliphatic heterocycles. The van der Waals surface area contributed by atoms with Crippen LogP contribution in [0.15, 0.2) is 39.3 Å². The number of hydrogen-bond acceptors (Lipinski definition) is 7. The van der Waals surface area contributed by atoms with Crippen molar-refractivity contribution in [3.05, 3.63) is 46.9 Å². The molecule has 2 saturated carbocycles. The van der Waals surface area contributed by atoms with Crippen LogP contribution in [-0.2, 0) is 14.8 Å². The van der Waals surface area contributed by atoms with E-state index in [2.05, 4.69) is 22.0 Å². The molecule has 1 aromatic heterocycles. The number of ether oxygens (including phenoxy) is 2. The van der Waals surface area contributed by atoms with Crippen LogP contribution in [0.3, 0.4) is 0 Å². The molecule has 3 aliphatic rings. The molecule has 3 atom stereocenters. The number of fused-ring (bicyclic) bond motifs is 1. The highest BCUT2D eigenvalue weighted by Crippen LogP contribution is 2.50. The third kappa shape index (κ3) is 4.70. The largest absolute Gasteiger partial charge is 0.493 e. The Labute approximate surface area is 206 Å². The summed E-state index contributed by atoms with van der Waals surface area (Å²) in [5.74, 6) is 2.12. The average Bonchev–Trinajstić information content (AvgIpc) is 3.58. The number of carbonyl (C=O) groups excluding carboxylic acids is 1. The lowest BCUT2D eigenvalue weighted by Gasteiger charge is -2.19. The number of sulfonamides is 1. The molecule has 1 aromatic carbocycles. The van der Waals surface area contributed by atoms with Crippen LogP contribution >= 0.6 is 0 Å². The van der Waals surface area contributed by atoms with Gasteiger partial charge in [0.2, 0.25) is 0 Å². The van der Waals surface area contributed by atoms with Crippen molar-refractivity contribution in [1.29, 1.82) is 0 Å². The fraction of sp³-hybridized carbons (Fsp3) is 0.538. The molecule has 3 aliphatic carbocycles. The Morgan fingerprint density at radius 3 is 2.57 bits per heavy atom. The Balaban J connectivity index is 1.26. The van der Waals surface area contributed by atoms with E-state index in [0.29, 0.717) is 23.8 Å². The van der Waals surface area contributed by atoms with Crippen LogP contribution < -0.4 is 14.2 Å². The first-order chi connectivity index (χ1) is 16.7. The molecule has 0 saturated heterocycles. The second-order valence-electron chi connectivity index (χ2n) is 10.0. The zero-order chi connectivity index (χ0) is 24.7. The Hall–Kier alpha value is -2.81. The van der Waals surface area contributed by atoms with Gasteiger partial charge in [0.25, 0.3) is 15.9 Å². The van der Waals surface area contributed by atoms with Gasteiger partial charge in [-0.3, -0.25) is 4.79 Å². The van der Waals surface area contributed by atoms with Crippen LogP contribution in [0.1, 0.15) is 67.9 Å². The van der Waals surface area contributed by atoms with E-state index >= 15 is 0 Å². The van der Waals surface area contributed by atoms with Gasteiger partial charge in [-0.15, -0.1) is 0 Å². The number of rotatable bonds is 7. The van der Waals surface area contributed by atoms with Gasteiger partial charge in [-0.25, -0.2) is 13.1 Å². The molecule has 1 N–H and O–H groups in total. The second-order valence-corrected chi connectivity index (χ2v) is 11.6. The number of aromatic nitrogens is 1. The van der Waals surface area contributed by atoms with E-state index in [9.17, 15) is 13.2 Å². The molecule has 9 heteroatoms. The van der Waals surface area contributed by atoms with Crippen molar-refractivity contribution >= 4 is 15.9 Å². The van der Waals surface area contributed by atoms with Crippen molar-refractivity contribution in [2.24, 2.45) is 11.8 Å². The summed E-state index contributed by atoms with van der Waals surface area (Å²) in [6.45, 7) is 3.06. The Kier molecular flexibility index (Phi) is 6.38. The summed E-state index contributed by atoms with van der Waals surface area (Å²) >= 11 is 0. The lowest BCUT2D eigenvalue weighted by atomic mass is 9.94. The van der Waals surface area contributed by atoms with Crippen LogP contribution in [0, 0.1) is 25.7 Å². The number of nitrogens with zero attached hydrogens (tertiary/aromatic N) is 1. The molecule has 1 heterocycles. The van der Waals surface area contributed by atoms with Crippen LogP contribution in [0.4, 0.5) is 0 Å². The first-order valence-corrected chi connectivity index (χ1v) is 13.8. The van der Waals surface area contributed by atoms with Gasteiger partial charge in [-0.1, -0.05) is 17.3 Å². The topological polar surface area (TPSA) is 108 Å². The third-order valence-electron chi connectivity index (χ3n) is 7.66. The smallest absolute Gasteiger partial charge is 0.269 e. The fourth-order valence-corrected chi connectivity index (χ4v) is 7.29. The number of hydrogen-bond donors (Lipinski definition) is 1. The fourth-order valence-electron chi connectivity index (χ4n) is 5.97. The number of amides is 1. The molecule has 0 radical (unpaired) electrons. The van der Waals surface area contributed by atoms with Gasteiger partial charge in [0.15, 0.2) is 22.2 Å². The number of aryl methyl sites for hydroxylation is 2. The molecule has 0 bridgehead atoms. The van der Waals surface area contributed by atoms with E-state index in [1.807, 2.05) is 12.1 Å². The minimum atomic E-state index is -4.04. The van der Waals surface area contributed by atoms with E-state index in [-0.39, 0.29) is 28.4 Å². The molecule has 2 aromatic rings. The monoisotopic (exact) mass is 500 g/mol. The molecule has 5 rings (SSSR count). The van der Waals surface area contributed by atoms with Gasteiger partial charge in [-0.05, 0) is 94.2 Å². The molecule has 1 amide bonds. The highest BCUT2D eigenvalue weighted by atomic mass is 32.2. The normalized spacial score (nSPS) is 24.3. The Morgan fingerprint density at radius 2 is 1.91 bits per heavy atom. The second kappa shape index (κ2) is 9.33. The van der Waals surface area contributed by atoms with Crippen molar-refractivity contribution in [2.75, 3.05) is 7.11 Å². The highest BCUT2D eigenvalue weighted by Gasteiger charge is 2.40. The van der Waals surface area contributed by atoms with Gasteiger partial charge in [0.1, 0.15) is 5.69 Å². The zero-order valence-electron chi connectivity index (χ0n) is 20.4. The molecule has 188 valence electrons. The summed E-state index contributed by atoms with van der Waals surface area (Å²) in [7, 11) is -2.37. The number of carbonyl (C=O) groups is 1. The lowest BCUT2D eigenvalue weighted by Crippen LogP contribution is -2.32. The first-order valence-electron chi connectivity index (χ1n) is 12.3. The predicted octanol–water partition coefficient (Wildman–Crippen LogP) is 4.57. The maximum atomic E-state index is 12.8. The van der Waals surface area contributed by atoms with Crippen molar-refractivity contribution < 1.29 is 27.2 Å². The van der Waals surface area contributed by atoms with Crippen LogP contribution in [0.5, 0.6) is 11.5 Å². The molecule has 8 nitrogen and oxygen atoms in total. The Morgan fingerprint density at radius 1 is 1.14 bits per heavy atom. The predicted molar refractivity (Wildman–Crippen MR) is 129 cm³/mol. The first kappa shape index (κ1) is 23.9. The number of methoxy groups -OCH3 is 1. The summed E-state index contributed by atoms with van der Waals surface area (Å²) in [6.07, 6.45) is 9.25. The summed E-state index contributed by atoms with van der Waals surface area (Å²) in [5, 5.41) is 3.68. The van der Waals surface area contributed by atoms with Gasteiger partial charge in [0.05, 0.1) is 13.2 Å². The Bertz CT molecular complexity index is 1240. The number of allylic oxidation sites excluding steroid dienone is 1. The maximum Gasteiger partial charge on any atom is 0.269 e. The van der Waals surface area contributed by atoms with E-state index in [1.54, 1.807) is 7.11 Å². The van der Waals surface area contributed by atoms with E-state index in [4.69, 9.17) is 14.0 Å². The summed E-state index contributed by atoms with van der Waals surface area (Å²) in [6, 6.07) is 6.22. The minimum absolute atomic E-state index is 0.0696. The van der Waals surface area contributed by atoms with Crippen LogP contribution in [0.2, 0.25) is 0 Å². The van der Waals surface area contributed by atoms with E-state index in [0.717, 1.165) is 37.2 Å². The quantitative estimate of drug-likeness (QED) is 0.593. The number of nitrogens with one attached hydrogen (secondary N) is 1. The van der Waals surface area contributed by atoms with Crippen LogP contribution in [0.25, 0.3) is 0 Å². The van der Waals surface area contributed by atoms with Gasteiger partial charge < -0.3 is 14.0 Å². The van der Waals surface area contributed by atoms with Crippen molar-refractivity contribution in [1.82, 2.24) is 9.88 Å². The molecular formula is C26H32N2O6S. The maximum absolute atomic E-state index is 12.8. The molecule has 35 heavy (non-hydrogen) atoms. The SMILES string of the molecule is COc1ccc([C@H]2C[C@@H]3CC(C(=O)NS(=O)(=O)c4c(C)noc4C)=C[C@@H]3C2)cc1OC1CCCC1. The van der Waals surface area contributed by atoms with Crippen LogP contribution in [-0.4, -0.2) is 32.7 Å². The van der Waals surface area contributed by atoms with Gasteiger partial charge in [-0.2, -0.15) is 0 Å². The molecule has 2 fully saturated rings. The van der Waals surface area contributed by atoms with Gasteiger partial charge >= 0.3 is 0 Å². The zero-order valence-corrected chi connectivity index (χ0v) is 21.2. The third-order valence-corrected chi connectivity index (χ3v) is 9.23. The standard InChI is InChI=1S/C26H32N2O6S/c1-15-25(16(2)34-27-15)35(30,31)28-26(29)21-12-19-10-18(11-20(19)13-21)17-8-9-23(32-3)24(14-17)33-22-6-4-5-7-22/h8-9,12,14,18-20,22H,4-7,10-11,13H2,1-3H3,(H,28,29)/t18-,19+,20-/m1/s1. The molecule has 0 spiro atoms.